The number of nitrogens with zero attached hydrogens (tertiary/aromatic N) is 3. The lowest BCUT2D eigenvalue weighted by Gasteiger charge is -2.36. The van der Waals surface area contributed by atoms with Gasteiger partial charge in [-0.25, -0.2) is 0 Å². The zero-order chi connectivity index (χ0) is 17.2. The van der Waals surface area contributed by atoms with Gasteiger partial charge in [0.1, 0.15) is 0 Å². The van der Waals surface area contributed by atoms with E-state index in [1.54, 1.807) is 18.3 Å². The van der Waals surface area contributed by atoms with Gasteiger partial charge in [0.2, 0.25) is 0 Å². The molecule has 2 aromatic carbocycles. The maximum absolute atomic E-state index is 13.0. The van der Waals surface area contributed by atoms with Crippen molar-refractivity contribution in [1.82, 2.24) is 9.88 Å². The van der Waals surface area contributed by atoms with Gasteiger partial charge < -0.3 is 9.80 Å². The fourth-order valence-corrected chi connectivity index (χ4v) is 3.50. The van der Waals surface area contributed by atoms with Crippen LogP contribution in [0.3, 0.4) is 0 Å². The van der Waals surface area contributed by atoms with Crippen LogP contribution in [0.4, 0.5) is 5.69 Å². The van der Waals surface area contributed by atoms with Gasteiger partial charge >= 0.3 is 0 Å². The van der Waals surface area contributed by atoms with Gasteiger partial charge in [-0.15, -0.1) is 0 Å². The smallest absolute Gasteiger partial charge is 0.256 e. The summed E-state index contributed by atoms with van der Waals surface area (Å²) in [6, 6.07) is 17.6. The lowest BCUT2D eigenvalue weighted by Crippen LogP contribution is -2.48. The van der Waals surface area contributed by atoms with E-state index in [2.05, 4.69) is 22.0 Å². The molecular formula is C20H18ClN3O. The third-order valence-corrected chi connectivity index (χ3v) is 4.96. The maximum atomic E-state index is 13.0. The van der Waals surface area contributed by atoms with Crippen molar-refractivity contribution >= 4 is 34.1 Å². The fourth-order valence-electron chi connectivity index (χ4n) is 3.29. The number of carbonyl (C=O) groups excluding carboxylic acids is 1. The Kier molecular flexibility index (Phi) is 4.28. The number of piperazine rings is 1. The molecule has 0 atom stereocenters. The highest BCUT2D eigenvalue weighted by Crippen LogP contribution is 2.26. The molecule has 2 heterocycles. The monoisotopic (exact) mass is 351 g/mol. The first kappa shape index (κ1) is 15.9. The van der Waals surface area contributed by atoms with Crippen LogP contribution < -0.4 is 4.90 Å². The van der Waals surface area contributed by atoms with Crippen molar-refractivity contribution in [3.05, 3.63) is 71.4 Å². The van der Waals surface area contributed by atoms with Crippen LogP contribution in [0.15, 0.2) is 60.8 Å². The molecule has 1 saturated heterocycles. The highest BCUT2D eigenvalue weighted by molar-refractivity contribution is 6.36. The number of halogens is 1. The van der Waals surface area contributed by atoms with Crippen molar-refractivity contribution < 1.29 is 4.79 Å². The van der Waals surface area contributed by atoms with Crippen molar-refractivity contribution in [2.24, 2.45) is 0 Å². The average molecular weight is 352 g/mol. The van der Waals surface area contributed by atoms with Crippen LogP contribution in [0.5, 0.6) is 0 Å². The van der Waals surface area contributed by atoms with E-state index in [9.17, 15) is 4.79 Å². The highest BCUT2D eigenvalue weighted by Gasteiger charge is 2.24. The summed E-state index contributed by atoms with van der Waals surface area (Å²) < 4.78 is 0. The van der Waals surface area contributed by atoms with E-state index in [1.807, 2.05) is 35.2 Å². The molecule has 0 spiro atoms. The van der Waals surface area contributed by atoms with Crippen molar-refractivity contribution in [3.8, 4) is 0 Å². The molecule has 126 valence electrons. The molecule has 0 aliphatic carbocycles. The Bertz CT molecular complexity index is 905. The SMILES string of the molecule is O=C(c1ccc(Cl)c2cccnc12)N1CCN(c2ccccc2)CC1. The second kappa shape index (κ2) is 6.73. The molecule has 0 unspecified atom stereocenters. The minimum atomic E-state index is 0.0214. The van der Waals surface area contributed by atoms with Crippen LogP contribution in [-0.4, -0.2) is 42.0 Å². The van der Waals surface area contributed by atoms with E-state index >= 15 is 0 Å². The van der Waals surface area contributed by atoms with Gasteiger partial charge in [-0.05, 0) is 36.4 Å². The second-order valence-corrected chi connectivity index (χ2v) is 6.52. The third-order valence-electron chi connectivity index (χ3n) is 4.64. The van der Waals surface area contributed by atoms with Crippen molar-refractivity contribution in [3.63, 3.8) is 0 Å². The lowest BCUT2D eigenvalue weighted by atomic mass is 10.1. The molecule has 0 radical (unpaired) electrons. The van der Waals surface area contributed by atoms with Crippen LogP contribution >= 0.6 is 11.6 Å². The van der Waals surface area contributed by atoms with Crippen LogP contribution in [0, 0.1) is 0 Å². The molecule has 1 aliphatic heterocycles. The number of hydrogen-bond acceptors (Lipinski definition) is 3. The Morgan fingerprint density at radius 1 is 0.920 bits per heavy atom. The van der Waals surface area contributed by atoms with E-state index in [-0.39, 0.29) is 5.91 Å². The number of para-hydroxylation sites is 1. The number of fused-ring (bicyclic) bond motifs is 1. The van der Waals surface area contributed by atoms with Gasteiger partial charge in [-0.2, -0.15) is 0 Å². The largest absolute Gasteiger partial charge is 0.368 e. The highest BCUT2D eigenvalue weighted by atomic mass is 35.5. The van der Waals surface area contributed by atoms with Gasteiger partial charge in [0.25, 0.3) is 5.91 Å². The number of aromatic nitrogens is 1. The molecule has 1 aromatic heterocycles. The molecule has 0 N–H and O–H groups in total. The van der Waals surface area contributed by atoms with Crippen molar-refractivity contribution in [2.75, 3.05) is 31.1 Å². The lowest BCUT2D eigenvalue weighted by molar-refractivity contribution is 0.0748. The topological polar surface area (TPSA) is 36.4 Å². The van der Waals surface area contributed by atoms with Gasteiger partial charge in [-0.3, -0.25) is 9.78 Å². The van der Waals surface area contributed by atoms with E-state index in [4.69, 9.17) is 11.6 Å². The van der Waals surface area contributed by atoms with Gasteiger partial charge in [0, 0.05) is 43.4 Å². The Balaban J connectivity index is 1.54. The molecule has 1 fully saturated rings. The van der Waals surface area contributed by atoms with E-state index in [0.717, 1.165) is 18.5 Å². The quantitative estimate of drug-likeness (QED) is 0.703. The zero-order valence-corrected chi connectivity index (χ0v) is 14.5. The Labute approximate surface area is 151 Å². The summed E-state index contributed by atoms with van der Waals surface area (Å²) in [6.07, 6.45) is 1.70. The number of amides is 1. The first-order valence-electron chi connectivity index (χ1n) is 8.36. The summed E-state index contributed by atoms with van der Waals surface area (Å²) in [4.78, 5) is 21.6. The predicted octanol–water partition coefficient (Wildman–Crippen LogP) is 3.85. The van der Waals surface area contributed by atoms with E-state index in [0.29, 0.717) is 29.2 Å². The summed E-state index contributed by atoms with van der Waals surface area (Å²) in [5.41, 5.74) is 2.49. The molecule has 3 aromatic rings. The molecule has 1 aliphatic rings. The summed E-state index contributed by atoms with van der Waals surface area (Å²) in [7, 11) is 0. The van der Waals surface area contributed by atoms with Gasteiger partial charge in [-0.1, -0.05) is 29.8 Å². The summed E-state index contributed by atoms with van der Waals surface area (Å²) in [5.74, 6) is 0.0214. The Hall–Kier alpha value is -2.59. The first-order chi connectivity index (χ1) is 12.2. The van der Waals surface area contributed by atoms with E-state index < -0.39 is 0 Å². The van der Waals surface area contributed by atoms with Crippen molar-refractivity contribution in [1.29, 1.82) is 0 Å². The summed E-state index contributed by atoms with van der Waals surface area (Å²) in [6.45, 7) is 3.05. The molecule has 25 heavy (non-hydrogen) atoms. The molecule has 0 saturated carbocycles. The Morgan fingerprint density at radius 2 is 1.68 bits per heavy atom. The van der Waals surface area contributed by atoms with Crippen molar-refractivity contribution in [2.45, 2.75) is 0 Å². The number of carbonyl (C=O) groups is 1. The molecule has 0 bridgehead atoms. The standard InChI is InChI=1S/C20H18ClN3O/c21-18-9-8-17(19-16(18)7-4-10-22-19)20(25)24-13-11-23(12-14-24)15-5-2-1-3-6-15/h1-10H,11-14H2. The van der Waals surface area contributed by atoms with Crippen LogP contribution in [-0.2, 0) is 0 Å². The minimum absolute atomic E-state index is 0.0214. The molecule has 5 heteroatoms. The normalized spacial score (nSPS) is 14.8. The number of benzene rings is 2. The zero-order valence-electron chi connectivity index (χ0n) is 13.7. The molecule has 4 nitrogen and oxygen atoms in total. The minimum Gasteiger partial charge on any atom is -0.368 e. The number of hydrogen-bond donors (Lipinski definition) is 0. The Morgan fingerprint density at radius 3 is 2.44 bits per heavy atom. The number of anilines is 1. The molecular weight excluding hydrogens is 334 g/mol. The molecule has 1 amide bonds. The number of pyridine rings is 1. The van der Waals surface area contributed by atoms with Crippen LogP contribution in [0.1, 0.15) is 10.4 Å². The summed E-state index contributed by atoms with van der Waals surface area (Å²) in [5, 5.41) is 1.44. The van der Waals surface area contributed by atoms with Crippen LogP contribution in [0.25, 0.3) is 10.9 Å². The third kappa shape index (κ3) is 3.05. The first-order valence-corrected chi connectivity index (χ1v) is 8.74. The second-order valence-electron chi connectivity index (χ2n) is 6.11. The predicted molar refractivity (Wildman–Crippen MR) is 101 cm³/mol. The average Bonchev–Trinajstić information content (AvgIpc) is 2.69. The molecule has 4 rings (SSSR count). The van der Waals surface area contributed by atoms with E-state index in [1.165, 1.54) is 5.69 Å². The van der Waals surface area contributed by atoms with Gasteiger partial charge in [0.05, 0.1) is 16.1 Å². The summed E-state index contributed by atoms with van der Waals surface area (Å²) >= 11 is 6.23. The van der Waals surface area contributed by atoms with Crippen LogP contribution in [0.2, 0.25) is 5.02 Å². The fraction of sp³-hybridized carbons (Fsp3) is 0.200. The number of rotatable bonds is 2. The maximum Gasteiger partial charge on any atom is 0.256 e. The van der Waals surface area contributed by atoms with Gasteiger partial charge in [0.15, 0.2) is 0 Å².